The van der Waals surface area contributed by atoms with Crippen molar-refractivity contribution in [1.82, 2.24) is 9.55 Å². The number of pyridine rings is 1. The Morgan fingerprint density at radius 1 is 0.576 bits per heavy atom. The van der Waals surface area contributed by atoms with Gasteiger partial charge in [-0.2, -0.15) is 12.1 Å². The summed E-state index contributed by atoms with van der Waals surface area (Å²) in [5.74, 6) is 2.08. The minimum Gasteiger partial charge on any atom is -0.509 e. The van der Waals surface area contributed by atoms with Gasteiger partial charge in [-0.3, -0.25) is 0 Å². The number of nitrogens with zero attached hydrogens (tertiary/aromatic N) is 4. The maximum absolute atomic E-state index is 6.65. The molecular weight excluding hydrogens is 904 g/mol. The molecule has 0 bridgehead atoms. The summed E-state index contributed by atoms with van der Waals surface area (Å²) in [7, 11) is 0. The molecule has 0 unspecified atom stereocenters. The fourth-order valence-corrected chi connectivity index (χ4v) is 7.83. The monoisotopic (exact) mass is 958 g/mol. The zero-order valence-electron chi connectivity index (χ0n) is 36.2. The Morgan fingerprint density at radius 3 is 1.97 bits per heavy atom. The predicted molar refractivity (Wildman–Crippen MR) is 242 cm³/mol. The van der Waals surface area contributed by atoms with Crippen molar-refractivity contribution in [1.29, 1.82) is 0 Å². The van der Waals surface area contributed by atoms with Gasteiger partial charge in [0.25, 0.3) is 0 Å². The topological polar surface area (TPSA) is 33.5 Å². The van der Waals surface area contributed by atoms with Gasteiger partial charge in [-0.25, -0.2) is 4.98 Å². The van der Waals surface area contributed by atoms with Crippen LogP contribution in [0.5, 0.6) is 11.5 Å². The van der Waals surface area contributed by atoms with Crippen molar-refractivity contribution < 1.29 is 25.8 Å². The molecule has 8 rings (SSSR count). The second-order valence-electron chi connectivity index (χ2n) is 19.3. The first-order valence-corrected chi connectivity index (χ1v) is 20.4. The number of hydrogen-bond acceptors (Lipinski definition) is 4. The summed E-state index contributed by atoms with van der Waals surface area (Å²) >= 11 is 0. The molecular formula is C53H55N4OPt-3. The van der Waals surface area contributed by atoms with Crippen molar-refractivity contribution in [2.45, 2.75) is 92.4 Å². The van der Waals surface area contributed by atoms with Crippen LogP contribution in [0.25, 0.3) is 27.6 Å². The van der Waals surface area contributed by atoms with Crippen LogP contribution in [0.1, 0.15) is 98.4 Å². The fraction of sp³-hybridized carbons (Fsp3) is 0.283. The number of benzene rings is 5. The summed E-state index contributed by atoms with van der Waals surface area (Å²) in [4.78, 5) is 9.37. The van der Waals surface area contributed by atoms with Gasteiger partial charge in [-0.1, -0.05) is 136 Å². The second kappa shape index (κ2) is 15.5. The Bertz CT molecular complexity index is 2670. The van der Waals surface area contributed by atoms with Gasteiger partial charge < -0.3 is 19.1 Å². The van der Waals surface area contributed by atoms with Gasteiger partial charge in [0.05, 0.1) is 0 Å². The van der Waals surface area contributed by atoms with Crippen LogP contribution in [0.4, 0.5) is 11.4 Å². The van der Waals surface area contributed by atoms with Crippen LogP contribution in [0.3, 0.4) is 0 Å². The Hall–Kier alpha value is -5.12. The van der Waals surface area contributed by atoms with E-state index in [9.17, 15) is 0 Å². The molecule has 6 heteroatoms. The van der Waals surface area contributed by atoms with E-state index in [1.54, 1.807) is 0 Å². The first-order chi connectivity index (χ1) is 27.4. The Kier molecular flexibility index (Phi) is 11.0. The molecule has 306 valence electrons. The Morgan fingerprint density at radius 2 is 1.25 bits per heavy atom. The van der Waals surface area contributed by atoms with Crippen molar-refractivity contribution in [2.75, 3.05) is 9.80 Å². The van der Waals surface area contributed by atoms with Crippen LogP contribution >= 0.6 is 0 Å². The van der Waals surface area contributed by atoms with E-state index in [1.165, 1.54) is 28.0 Å². The molecule has 0 amide bonds. The summed E-state index contributed by atoms with van der Waals surface area (Å²) in [5, 5.41) is 2.25. The molecule has 0 spiro atoms. The molecule has 5 nitrogen and oxygen atoms in total. The quantitative estimate of drug-likeness (QED) is 0.149. The van der Waals surface area contributed by atoms with Crippen LogP contribution in [-0.4, -0.2) is 9.55 Å². The van der Waals surface area contributed by atoms with Gasteiger partial charge in [0.15, 0.2) is 0 Å². The SMILES string of the molecule is CC(C)(C)C1=CN(c2cccc(C(C)(C)C)c2)[CH-]N1c1[c-]c(Oc2[c-]c3c(cc2)c2cc(C(C)(C)c4ccccc4)ccc2n3-c2cc(C(C)(C)C)ccn2)ccc1.[Pt]. The third kappa shape index (κ3) is 8.24. The van der Waals surface area contributed by atoms with Crippen molar-refractivity contribution in [3.05, 3.63) is 174 Å². The molecule has 0 radical (unpaired) electrons. The Balaban J connectivity index is 0.00000528. The number of fused-ring (bicyclic) bond motifs is 3. The molecule has 0 aliphatic carbocycles. The third-order valence-electron chi connectivity index (χ3n) is 11.5. The summed E-state index contributed by atoms with van der Waals surface area (Å²) < 4.78 is 8.89. The molecule has 1 aliphatic heterocycles. The maximum atomic E-state index is 6.65. The molecule has 0 fully saturated rings. The molecule has 5 aromatic carbocycles. The predicted octanol–water partition coefficient (Wildman–Crippen LogP) is 13.8. The summed E-state index contributed by atoms with van der Waals surface area (Å²) in [6, 6.07) is 48.2. The molecule has 0 N–H and O–H groups in total. The van der Waals surface area contributed by atoms with E-state index in [4.69, 9.17) is 9.72 Å². The first-order valence-electron chi connectivity index (χ1n) is 20.4. The largest absolute Gasteiger partial charge is 0.509 e. The third-order valence-corrected chi connectivity index (χ3v) is 11.5. The van der Waals surface area contributed by atoms with E-state index in [0.29, 0.717) is 11.5 Å². The molecule has 3 heterocycles. The zero-order valence-corrected chi connectivity index (χ0v) is 38.5. The maximum Gasteiger partial charge on any atom is 0.135 e. The van der Waals surface area contributed by atoms with Crippen molar-refractivity contribution in [3.8, 4) is 17.3 Å². The normalized spacial score (nSPS) is 13.8. The minimum atomic E-state index is -0.190. The standard InChI is InChI=1S/C53H55N4O.Pt/c1-50(2,3)37-19-15-20-40(29-37)55-34-48(52(7,8)9)56(35-55)41-21-16-22-42(32-41)58-43-24-25-44-45-30-39(53(10,11)36-17-13-12-14-18-36)23-26-46(45)57(47(44)33-43)49-31-38(27-28-54-49)51(4,5)6;/h12-31,34-35H,1-11H3;/q-3;. The van der Waals surface area contributed by atoms with E-state index in [0.717, 1.165) is 39.0 Å². The number of hydrogen-bond donors (Lipinski definition) is 0. The fourth-order valence-electron chi connectivity index (χ4n) is 7.83. The van der Waals surface area contributed by atoms with Gasteiger partial charge in [-0.15, -0.1) is 48.1 Å². The molecule has 0 saturated carbocycles. The smallest absolute Gasteiger partial charge is 0.135 e. The molecule has 1 aliphatic rings. The average Bonchev–Trinajstić information content (AvgIpc) is 3.78. The van der Waals surface area contributed by atoms with Gasteiger partial charge >= 0.3 is 0 Å². The molecule has 0 saturated heterocycles. The van der Waals surface area contributed by atoms with E-state index in [1.807, 2.05) is 24.4 Å². The molecule has 59 heavy (non-hydrogen) atoms. The molecule has 7 aromatic rings. The summed E-state index contributed by atoms with van der Waals surface area (Å²) in [5.41, 5.74) is 9.92. The van der Waals surface area contributed by atoms with E-state index in [-0.39, 0.29) is 42.7 Å². The van der Waals surface area contributed by atoms with Gasteiger partial charge in [0.1, 0.15) is 5.82 Å². The van der Waals surface area contributed by atoms with Crippen LogP contribution in [0.2, 0.25) is 0 Å². The zero-order chi connectivity index (χ0) is 41.2. The number of ether oxygens (including phenoxy) is 1. The van der Waals surface area contributed by atoms with E-state index < -0.39 is 0 Å². The number of anilines is 2. The summed E-state index contributed by atoms with van der Waals surface area (Å²) in [6.07, 6.45) is 4.15. The van der Waals surface area contributed by atoms with Crippen LogP contribution in [0.15, 0.2) is 133 Å². The Labute approximate surface area is 366 Å². The van der Waals surface area contributed by atoms with Crippen molar-refractivity contribution in [2.24, 2.45) is 5.41 Å². The van der Waals surface area contributed by atoms with Crippen LogP contribution < -0.4 is 14.5 Å². The van der Waals surface area contributed by atoms with Crippen LogP contribution in [-0.2, 0) is 37.3 Å². The van der Waals surface area contributed by atoms with Gasteiger partial charge in [0, 0.05) is 66.5 Å². The number of aromatic nitrogens is 2. The molecule has 0 atom stereocenters. The van der Waals surface area contributed by atoms with Crippen molar-refractivity contribution in [3.63, 3.8) is 0 Å². The van der Waals surface area contributed by atoms with E-state index in [2.05, 4.69) is 213 Å². The number of rotatable bonds is 7. The minimum absolute atomic E-state index is 0. The second-order valence-corrected chi connectivity index (χ2v) is 19.3. The molecule has 2 aromatic heterocycles. The first kappa shape index (κ1) is 42.0. The van der Waals surface area contributed by atoms with Gasteiger partial charge in [0.2, 0.25) is 0 Å². The van der Waals surface area contributed by atoms with Crippen molar-refractivity contribution >= 4 is 33.2 Å². The van der Waals surface area contributed by atoms with E-state index >= 15 is 0 Å². The summed E-state index contributed by atoms with van der Waals surface area (Å²) in [6.45, 7) is 26.9. The van der Waals surface area contributed by atoms with Gasteiger partial charge in [-0.05, 0) is 75.0 Å². The van der Waals surface area contributed by atoms with Crippen LogP contribution in [0, 0.1) is 24.2 Å². The average molecular weight is 959 g/mol. The number of allylic oxidation sites excluding steroid dienone is 1.